The smallest absolute Gasteiger partial charge is 0.281 e. The molecule has 30 heavy (non-hydrogen) atoms. The zero-order chi connectivity index (χ0) is 21.5. The van der Waals surface area contributed by atoms with Gasteiger partial charge in [-0.25, -0.2) is 14.7 Å². The zero-order valence-electron chi connectivity index (χ0n) is 17.4. The highest BCUT2D eigenvalue weighted by Gasteiger charge is 2.40. The summed E-state index contributed by atoms with van der Waals surface area (Å²) in [5.74, 6) is 0.695. The molecule has 160 valence electrons. The molecule has 1 amide bonds. The lowest BCUT2D eigenvalue weighted by molar-refractivity contribution is 0.0981. The normalized spacial score (nSPS) is 20.8. The second-order valence-electron chi connectivity index (χ2n) is 8.58. The number of carbonyl (C=O) groups is 1. The summed E-state index contributed by atoms with van der Waals surface area (Å²) in [7, 11) is -4.12. The zero-order valence-corrected chi connectivity index (χ0v) is 18.2. The largest absolute Gasteiger partial charge is 0.367 e. The average molecular weight is 430 g/mol. The van der Waals surface area contributed by atoms with E-state index in [1.807, 2.05) is 0 Å². The number of anilines is 2. The molecule has 9 heteroatoms. The van der Waals surface area contributed by atoms with Gasteiger partial charge in [-0.3, -0.25) is 4.79 Å². The molecular formula is C21H27N5O3S. The number of nitrogens with one attached hydrogen (secondary N) is 2. The third-order valence-corrected chi connectivity index (χ3v) is 7.36. The molecule has 1 unspecified atom stereocenters. The number of sulfonamides is 1. The van der Waals surface area contributed by atoms with E-state index < -0.39 is 15.9 Å². The van der Waals surface area contributed by atoms with Gasteiger partial charge in [-0.1, -0.05) is 13.0 Å². The lowest BCUT2D eigenvalue weighted by Gasteiger charge is -2.36. The fraction of sp³-hybridized carbons (Fsp3) is 0.476. The van der Waals surface area contributed by atoms with Crippen LogP contribution in [-0.4, -0.2) is 42.4 Å². The molecule has 1 aliphatic carbocycles. The molecule has 0 radical (unpaired) electrons. The van der Waals surface area contributed by atoms with Crippen LogP contribution in [0.4, 0.5) is 11.6 Å². The summed E-state index contributed by atoms with van der Waals surface area (Å²) in [6, 6.07) is 8.29. The van der Waals surface area contributed by atoms with Crippen LogP contribution in [-0.2, 0) is 10.0 Å². The summed E-state index contributed by atoms with van der Waals surface area (Å²) in [6.07, 6.45) is 4.69. The molecular weight excluding hydrogens is 402 g/mol. The summed E-state index contributed by atoms with van der Waals surface area (Å²) in [5, 5.41) is 2.98. The highest BCUT2D eigenvalue weighted by Crippen LogP contribution is 2.38. The van der Waals surface area contributed by atoms with Crippen molar-refractivity contribution < 1.29 is 13.2 Å². The summed E-state index contributed by atoms with van der Waals surface area (Å²) >= 11 is 0. The Labute approximate surface area is 177 Å². The maximum absolute atomic E-state index is 13.0. The van der Waals surface area contributed by atoms with Crippen LogP contribution in [0.15, 0.2) is 41.6 Å². The van der Waals surface area contributed by atoms with E-state index in [9.17, 15) is 13.2 Å². The summed E-state index contributed by atoms with van der Waals surface area (Å²) < 4.78 is 27.8. The van der Waals surface area contributed by atoms with Gasteiger partial charge in [-0.15, -0.1) is 0 Å². The maximum Gasteiger partial charge on any atom is 0.281 e. The Kier molecular flexibility index (Phi) is 5.17. The Bertz CT molecular complexity index is 1070. The highest BCUT2D eigenvalue weighted by molar-refractivity contribution is 7.90. The third kappa shape index (κ3) is 3.98. The topological polar surface area (TPSA) is 104 Å². The van der Waals surface area contributed by atoms with E-state index in [4.69, 9.17) is 0 Å². The molecule has 2 aliphatic rings. The minimum absolute atomic E-state index is 0.188. The van der Waals surface area contributed by atoms with Crippen LogP contribution >= 0.6 is 0 Å². The molecule has 8 nitrogen and oxygen atoms in total. The number of rotatable bonds is 6. The SMILES string of the molecule is CC1CCN(c2ncccc2C(=O)NS(=O)(=O)c2cccc(NC3CC3)n2)C1(C)C. The Morgan fingerprint density at radius 1 is 1.17 bits per heavy atom. The summed E-state index contributed by atoms with van der Waals surface area (Å²) in [6.45, 7) is 7.15. The van der Waals surface area contributed by atoms with Crippen molar-refractivity contribution in [3.05, 3.63) is 42.1 Å². The Hall–Kier alpha value is -2.68. The van der Waals surface area contributed by atoms with Crippen molar-refractivity contribution in [1.82, 2.24) is 14.7 Å². The third-order valence-electron chi connectivity index (χ3n) is 6.13. The minimum Gasteiger partial charge on any atom is -0.367 e. The van der Waals surface area contributed by atoms with E-state index in [0.717, 1.165) is 25.8 Å². The van der Waals surface area contributed by atoms with E-state index in [1.165, 1.54) is 6.07 Å². The monoisotopic (exact) mass is 429 g/mol. The van der Waals surface area contributed by atoms with Crippen LogP contribution in [0.25, 0.3) is 0 Å². The van der Waals surface area contributed by atoms with Crippen molar-refractivity contribution in [1.29, 1.82) is 0 Å². The second-order valence-corrected chi connectivity index (χ2v) is 10.2. The average Bonchev–Trinajstić information content (AvgIpc) is 3.47. The number of aromatic nitrogens is 2. The molecule has 3 heterocycles. The lowest BCUT2D eigenvalue weighted by atomic mass is 9.90. The van der Waals surface area contributed by atoms with Crippen LogP contribution < -0.4 is 14.9 Å². The van der Waals surface area contributed by atoms with Crippen LogP contribution in [0.3, 0.4) is 0 Å². The number of hydrogen-bond donors (Lipinski definition) is 2. The van der Waals surface area contributed by atoms with Gasteiger partial charge in [0.15, 0.2) is 5.03 Å². The van der Waals surface area contributed by atoms with Crippen molar-refractivity contribution in [3.8, 4) is 0 Å². The van der Waals surface area contributed by atoms with Crippen LogP contribution in [0.1, 0.15) is 50.4 Å². The van der Waals surface area contributed by atoms with Gasteiger partial charge in [-0.05, 0) is 63.3 Å². The lowest BCUT2D eigenvalue weighted by Crippen LogP contribution is -2.43. The number of carbonyl (C=O) groups excluding carboxylic acids is 1. The van der Waals surface area contributed by atoms with Gasteiger partial charge in [0.05, 0.1) is 5.56 Å². The standard InChI is InChI=1S/C21H27N5O3S/c1-14-11-13-26(21(14,2)3)19-16(6-5-12-22-19)20(27)25-30(28,29)18-8-4-7-17(24-18)23-15-9-10-15/h4-8,12,14-15H,9-11,13H2,1-3H3,(H,23,24)(H,25,27). The van der Waals surface area contributed by atoms with E-state index in [1.54, 1.807) is 30.5 Å². The predicted molar refractivity (Wildman–Crippen MR) is 115 cm³/mol. The maximum atomic E-state index is 13.0. The van der Waals surface area contributed by atoms with Crippen molar-refractivity contribution in [2.24, 2.45) is 5.92 Å². The fourth-order valence-electron chi connectivity index (χ4n) is 3.71. The number of pyridine rings is 2. The molecule has 0 spiro atoms. The van der Waals surface area contributed by atoms with E-state index in [-0.39, 0.29) is 16.1 Å². The molecule has 4 rings (SSSR count). The molecule has 2 N–H and O–H groups in total. The minimum atomic E-state index is -4.12. The fourth-order valence-corrected chi connectivity index (χ4v) is 4.64. The summed E-state index contributed by atoms with van der Waals surface area (Å²) in [4.78, 5) is 23.6. The molecule has 1 saturated carbocycles. The van der Waals surface area contributed by atoms with Crippen molar-refractivity contribution in [2.45, 2.75) is 56.6 Å². The number of hydrogen-bond acceptors (Lipinski definition) is 7. The molecule has 1 saturated heterocycles. The van der Waals surface area contributed by atoms with Gasteiger partial charge in [0.25, 0.3) is 15.9 Å². The van der Waals surface area contributed by atoms with Crippen LogP contribution in [0.2, 0.25) is 0 Å². The van der Waals surface area contributed by atoms with Gasteiger partial charge < -0.3 is 10.2 Å². The number of amides is 1. The van der Waals surface area contributed by atoms with Crippen molar-refractivity contribution in [3.63, 3.8) is 0 Å². The van der Waals surface area contributed by atoms with Crippen molar-refractivity contribution in [2.75, 3.05) is 16.8 Å². The first-order chi connectivity index (χ1) is 14.2. The van der Waals surface area contributed by atoms with Crippen LogP contribution in [0, 0.1) is 5.92 Å². The predicted octanol–water partition coefficient (Wildman–Crippen LogP) is 2.79. The molecule has 2 fully saturated rings. The molecule has 1 aliphatic heterocycles. The number of nitrogens with zero attached hydrogens (tertiary/aromatic N) is 3. The first-order valence-electron chi connectivity index (χ1n) is 10.2. The quantitative estimate of drug-likeness (QED) is 0.727. The molecule has 2 aromatic heterocycles. The molecule has 2 aromatic rings. The second kappa shape index (κ2) is 7.54. The Morgan fingerprint density at radius 2 is 1.93 bits per heavy atom. The van der Waals surface area contributed by atoms with E-state index >= 15 is 0 Å². The van der Waals surface area contributed by atoms with Gasteiger partial charge >= 0.3 is 0 Å². The highest BCUT2D eigenvalue weighted by atomic mass is 32.2. The molecule has 1 atom stereocenters. The van der Waals surface area contributed by atoms with E-state index in [0.29, 0.717) is 23.6 Å². The van der Waals surface area contributed by atoms with Gasteiger partial charge in [-0.2, -0.15) is 8.42 Å². The van der Waals surface area contributed by atoms with E-state index in [2.05, 4.69) is 45.7 Å². The Balaban J connectivity index is 1.59. The van der Waals surface area contributed by atoms with Crippen LogP contribution in [0.5, 0.6) is 0 Å². The van der Waals surface area contributed by atoms with Gasteiger partial charge in [0.1, 0.15) is 11.6 Å². The molecule has 0 bridgehead atoms. The van der Waals surface area contributed by atoms with Gasteiger partial charge in [0.2, 0.25) is 0 Å². The molecule has 0 aromatic carbocycles. The first-order valence-corrected chi connectivity index (χ1v) is 11.7. The Morgan fingerprint density at radius 3 is 2.60 bits per heavy atom. The van der Waals surface area contributed by atoms with Crippen molar-refractivity contribution >= 4 is 27.6 Å². The van der Waals surface area contributed by atoms with Gasteiger partial charge in [0, 0.05) is 24.3 Å². The first kappa shape index (κ1) is 20.6. The summed E-state index contributed by atoms with van der Waals surface area (Å²) in [5.41, 5.74) is 0.0441.